The molecule has 2 aromatic rings. The highest BCUT2D eigenvalue weighted by Gasteiger charge is 2.03. The van der Waals surface area contributed by atoms with Gasteiger partial charge in [-0.3, -0.25) is 4.79 Å². The lowest BCUT2D eigenvalue weighted by atomic mass is 10.2. The third-order valence-corrected chi connectivity index (χ3v) is 3.97. The lowest BCUT2D eigenvalue weighted by Gasteiger charge is -2.01. The average Bonchev–Trinajstić information content (AvgIpc) is 2.42. The molecule has 0 spiro atoms. The summed E-state index contributed by atoms with van der Waals surface area (Å²) in [6.45, 7) is 0. The summed E-state index contributed by atoms with van der Waals surface area (Å²) < 4.78 is 1.72. The molecule has 0 unspecified atom stereocenters. The summed E-state index contributed by atoms with van der Waals surface area (Å²) in [6.07, 6.45) is 1.54. The van der Waals surface area contributed by atoms with Crippen LogP contribution in [0.15, 0.2) is 47.6 Å². The number of carbonyl (C=O) groups is 1. The van der Waals surface area contributed by atoms with Gasteiger partial charge in [-0.05, 0) is 87.1 Å². The van der Waals surface area contributed by atoms with E-state index >= 15 is 0 Å². The molecule has 0 radical (unpaired) electrons. The summed E-state index contributed by atoms with van der Waals surface area (Å²) in [5.41, 5.74) is 3.84. The van der Waals surface area contributed by atoms with Crippen LogP contribution in [-0.2, 0) is 0 Å². The van der Waals surface area contributed by atoms with Gasteiger partial charge >= 0.3 is 0 Å². The predicted octanol–water partition coefficient (Wildman–Crippen LogP) is 3.37. The number of aromatic hydroxyl groups is 1. The van der Waals surface area contributed by atoms with Crippen molar-refractivity contribution in [3.05, 3.63) is 60.7 Å². The number of hydrogen-bond donors (Lipinski definition) is 2. The van der Waals surface area contributed by atoms with E-state index in [4.69, 9.17) is 0 Å². The normalized spacial score (nSPS) is 10.7. The summed E-state index contributed by atoms with van der Waals surface area (Å²) >= 11 is 4.18. The van der Waals surface area contributed by atoms with E-state index < -0.39 is 0 Å². The number of rotatable bonds is 3. The highest BCUT2D eigenvalue weighted by atomic mass is 127. The fraction of sp³-hybridized carbons (Fsp3) is 0. The Morgan fingerprint density at radius 2 is 2.00 bits per heavy atom. The van der Waals surface area contributed by atoms with Crippen LogP contribution in [0.2, 0.25) is 0 Å². The molecule has 2 N–H and O–H groups in total. The molecule has 1 amide bonds. The molecule has 0 aromatic heterocycles. The summed E-state index contributed by atoms with van der Waals surface area (Å²) in [6, 6.07) is 12.3. The summed E-state index contributed by atoms with van der Waals surface area (Å²) in [7, 11) is 0. The number of phenols is 1. The molecule has 0 bridgehead atoms. The van der Waals surface area contributed by atoms with Gasteiger partial charge in [0.2, 0.25) is 0 Å². The van der Waals surface area contributed by atoms with E-state index in [1.807, 2.05) is 34.7 Å². The van der Waals surface area contributed by atoms with Gasteiger partial charge in [-0.2, -0.15) is 5.10 Å². The SMILES string of the molecule is O=C(N/N=C\c1ccc(O)c(I)c1)c1cccc(I)c1. The third kappa shape index (κ3) is 4.17. The molecular formula is C14H10I2N2O2. The molecule has 2 aromatic carbocycles. The Morgan fingerprint density at radius 3 is 2.70 bits per heavy atom. The maximum atomic E-state index is 11.8. The number of nitrogens with zero attached hydrogens (tertiary/aromatic N) is 1. The van der Waals surface area contributed by atoms with Crippen LogP contribution < -0.4 is 5.43 Å². The van der Waals surface area contributed by atoms with Crippen LogP contribution in [0, 0.1) is 7.14 Å². The molecule has 0 aliphatic carbocycles. The fourth-order valence-electron chi connectivity index (χ4n) is 1.46. The number of hydrazone groups is 1. The van der Waals surface area contributed by atoms with Crippen LogP contribution in [-0.4, -0.2) is 17.2 Å². The molecule has 0 aliphatic heterocycles. The van der Waals surface area contributed by atoms with Crippen LogP contribution in [0.1, 0.15) is 15.9 Å². The van der Waals surface area contributed by atoms with Gasteiger partial charge in [0.1, 0.15) is 5.75 Å². The smallest absolute Gasteiger partial charge is 0.271 e. The molecule has 4 nitrogen and oxygen atoms in total. The number of hydrogen-bond acceptors (Lipinski definition) is 3. The van der Waals surface area contributed by atoms with Crippen LogP contribution in [0.5, 0.6) is 5.75 Å². The minimum atomic E-state index is -0.256. The average molecular weight is 492 g/mol. The summed E-state index contributed by atoms with van der Waals surface area (Å²) in [4.78, 5) is 11.8. The molecule has 0 saturated heterocycles. The van der Waals surface area contributed by atoms with Crippen molar-refractivity contribution in [2.45, 2.75) is 0 Å². The highest BCUT2D eigenvalue weighted by Crippen LogP contribution is 2.19. The Labute approximate surface area is 143 Å². The summed E-state index contributed by atoms with van der Waals surface area (Å²) in [5, 5.41) is 13.3. The van der Waals surface area contributed by atoms with Crippen LogP contribution in [0.3, 0.4) is 0 Å². The number of halogens is 2. The minimum absolute atomic E-state index is 0.227. The predicted molar refractivity (Wildman–Crippen MR) is 95.0 cm³/mol. The monoisotopic (exact) mass is 492 g/mol. The van der Waals surface area contributed by atoms with Gasteiger partial charge in [-0.25, -0.2) is 5.43 Å². The van der Waals surface area contributed by atoms with Crippen molar-refractivity contribution in [3.8, 4) is 5.75 Å². The molecule has 0 fully saturated rings. The van der Waals surface area contributed by atoms with Gasteiger partial charge in [-0.1, -0.05) is 6.07 Å². The standard InChI is InChI=1S/C14H10I2N2O2/c15-11-3-1-2-10(7-11)14(20)18-17-8-9-4-5-13(19)12(16)6-9/h1-8,19H,(H,18,20)/b17-8-. The van der Waals surface area contributed by atoms with E-state index in [-0.39, 0.29) is 11.7 Å². The molecule has 0 saturated carbocycles. The van der Waals surface area contributed by atoms with Crippen molar-refractivity contribution in [1.82, 2.24) is 5.43 Å². The van der Waals surface area contributed by atoms with Crippen molar-refractivity contribution >= 4 is 57.3 Å². The Kier molecular flexibility index (Phi) is 5.35. The maximum Gasteiger partial charge on any atom is 0.271 e. The van der Waals surface area contributed by atoms with Gasteiger partial charge in [0.15, 0.2) is 0 Å². The lowest BCUT2D eigenvalue weighted by Crippen LogP contribution is -2.17. The molecule has 6 heteroatoms. The Bertz CT molecular complexity index is 672. The highest BCUT2D eigenvalue weighted by molar-refractivity contribution is 14.1. The van der Waals surface area contributed by atoms with Crippen LogP contribution in [0.25, 0.3) is 0 Å². The van der Waals surface area contributed by atoms with E-state index in [2.05, 4.69) is 33.1 Å². The zero-order chi connectivity index (χ0) is 14.5. The molecule has 0 atom stereocenters. The van der Waals surface area contributed by atoms with Crippen LogP contribution in [0.4, 0.5) is 0 Å². The van der Waals surface area contributed by atoms with Gasteiger partial charge in [0.05, 0.1) is 9.78 Å². The van der Waals surface area contributed by atoms with Crippen molar-refractivity contribution < 1.29 is 9.90 Å². The second-order valence-corrected chi connectivity index (χ2v) is 6.33. The van der Waals surface area contributed by atoms with Crippen molar-refractivity contribution in [1.29, 1.82) is 0 Å². The largest absolute Gasteiger partial charge is 0.507 e. The Hall–Kier alpha value is -1.16. The van der Waals surface area contributed by atoms with E-state index in [0.717, 1.165) is 12.7 Å². The van der Waals surface area contributed by atoms with E-state index in [1.165, 1.54) is 6.21 Å². The molecule has 20 heavy (non-hydrogen) atoms. The Morgan fingerprint density at radius 1 is 1.20 bits per heavy atom. The first-order chi connectivity index (χ1) is 9.56. The van der Waals surface area contributed by atoms with Crippen molar-refractivity contribution in [2.24, 2.45) is 5.10 Å². The summed E-state index contributed by atoms with van der Waals surface area (Å²) in [5.74, 6) is -0.0288. The maximum absolute atomic E-state index is 11.8. The molecule has 2 rings (SSSR count). The number of carbonyl (C=O) groups excluding carboxylic acids is 1. The van der Waals surface area contributed by atoms with Gasteiger partial charge in [-0.15, -0.1) is 0 Å². The first-order valence-corrected chi connectivity index (χ1v) is 7.79. The molecule has 0 aliphatic rings. The fourth-order valence-corrected chi connectivity index (χ4v) is 2.55. The quantitative estimate of drug-likeness (QED) is 0.393. The number of nitrogens with one attached hydrogen (secondary N) is 1. The second-order valence-electron chi connectivity index (χ2n) is 3.92. The first kappa shape index (κ1) is 15.2. The first-order valence-electron chi connectivity index (χ1n) is 5.64. The zero-order valence-corrected chi connectivity index (χ0v) is 14.5. The Balaban J connectivity index is 2.02. The van der Waals surface area contributed by atoms with Crippen molar-refractivity contribution in [2.75, 3.05) is 0 Å². The minimum Gasteiger partial charge on any atom is -0.507 e. The number of benzene rings is 2. The van der Waals surface area contributed by atoms with E-state index in [0.29, 0.717) is 5.56 Å². The van der Waals surface area contributed by atoms with E-state index in [1.54, 1.807) is 30.3 Å². The lowest BCUT2D eigenvalue weighted by molar-refractivity contribution is 0.0955. The zero-order valence-electron chi connectivity index (χ0n) is 10.2. The molecule has 102 valence electrons. The van der Waals surface area contributed by atoms with E-state index in [9.17, 15) is 9.90 Å². The number of amides is 1. The molecular weight excluding hydrogens is 482 g/mol. The van der Waals surface area contributed by atoms with Gasteiger partial charge in [0.25, 0.3) is 5.91 Å². The second kappa shape index (κ2) is 7.02. The topological polar surface area (TPSA) is 61.7 Å². The van der Waals surface area contributed by atoms with Crippen LogP contribution >= 0.6 is 45.2 Å². The van der Waals surface area contributed by atoms with Gasteiger partial charge in [0, 0.05) is 9.13 Å². The van der Waals surface area contributed by atoms with Crippen molar-refractivity contribution in [3.63, 3.8) is 0 Å². The number of phenolic OH excluding ortho intramolecular Hbond substituents is 1. The third-order valence-electron chi connectivity index (χ3n) is 2.44. The molecule has 0 heterocycles. The van der Waals surface area contributed by atoms with Gasteiger partial charge < -0.3 is 5.11 Å².